The molecule has 5 nitrogen and oxygen atoms in total. The fourth-order valence-corrected chi connectivity index (χ4v) is 6.46. The van der Waals surface area contributed by atoms with Crippen LogP contribution in [0.2, 0.25) is 0 Å². The van der Waals surface area contributed by atoms with Crippen LogP contribution in [0.4, 0.5) is 0 Å². The van der Waals surface area contributed by atoms with Crippen LogP contribution in [0.5, 0.6) is 0 Å². The van der Waals surface area contributed by atoms with Crippen molar-refractivity contribution in [2.45, 2.75) is 73.0 Å². The molecule has 2 aliphatic rings. The first-order valence-electron chi connectivity index (χ1n) is 14.9. The Morgan fingerprint density at radius 2 is 1.10 bits per heavy atom. The van der Waals surface area contributed by atoms with Gasteiger partial charge in [0.25, 0.3) is 0 Å². The first kappa shape index (κ1) is 30.9. The van der Waals surface area contributed by atoms with Crippen molar-refractivity contribution in [3.8, 4) is 0 Å². The summed E-state index contributed by atoms with van der Waals surface area (Å²) in [5, 5.41) is 0. The minimum Gasteiger partial charge on any atom is -0.335 e. The highest BCUT2D eigenvalue weighted by Gasteiger charge is 2.45. The molecule has 2 heterocycles. The van der Waals surface area contributed by atoms with Gasteiger partial charge in [0, 0.05) is 24.9 Å². The van der Waals surface area contributed by atoms with Gasteiger partial charge in [-0.05, 0) is 63.2 Å². The second-order valence-electron chi connectivity index (χ2n) is 12.4. The van der Waals surface area contributed by atoms with Crippen LogP contribution in [-0.2, 0) is 9.59 Å². The number of carbonyl (C=O) groups is 2. The van der Waals surface area contributed by atoms with Crippen molar-refractivity contribution < 1.29 is 9.59 Å². The molecule has 0 aromatic heterocycles. The fraction of sp³-hybridized carbons (Fsp3) is 0.588. The molecule has 2 aromatic rings. The van der Waals surface area contributed by atoms with Gasteiger partial charge in [-0.3, -0.25) is 14.5 Å². The normalized spacial score (nSPS) is 24.9. The van der Waals surface area contributed by atoms with Gasteiger partial charge in [0.2, 0.25) is 11.8 Å². The van der Waals surface area contributed by atoms with E-state index >= 15 is 0 Å². The van der Waals surface area contributed by atoms with Crippen LogP contribution < -0.4 is 0 Å². The maximum Gasteiger partial charge on any atom is 0.240 e. The Morgan fingerprint density at radius 3 is 1.44 bits per heavy atom. The summed E-state index contributed by atoms with van der Waals surface area (Å²) in [6, 6.07) is 21.0. The number of likely N-dealkylation sites (N-methyl/N-ethyl adjacent to an activating group) is 1. The number of amides is 2. The summed E-state index contributed by atoms with van der Waals surface area (Å²) in [5.41, 5.74) is 2.44. The van der Waals surface area contributed by atoms with E-state index in [0.29, 0.717) is 29.6 Å². The van der Waals surface area contributed by atoms with Gasteiger partial charge in [-0.2, -0.15) is 0 Å². The Kier molecular flexibility index (Phi) is 10.8. The molecule has 0 aliphatic carbocycles. The third kappa shape index (κ3) is 6.92. The quantitative estimate of drug-likeness (QED) is 0.380. The highest BCUT2D eigenvalue weighted by molar-refractivity contribution is 5.85. The molecule has 2 aliphatic heterocycles. The number of carbonyl (C=O) groups excluding carboxylic acids is 2. The van der Waals surface area contributed by atoms with E-state index in [1.54, 1.807) is 0 Å². The zero-order valence-electron chi connectivity index (χ0n) is 25.7. The SMILES string of the molecule is CC(C)[C@H]1CN([C@H](C)c2ccccc2)C(=O)[C@H]1N(C)C.CC[C@@H]1C(=O)N([C@H](C)c2ccccc2)C[C@@H]1C(C)C. The van der Waals surface area contributed by atoms with Crippen molar-refractivity contribution in [2.24, 2.45) is 29.6 Å². The van der Waals surface area contributed by atoms with E-state index in [9.17, 15) is 9.59 Å². The average molecular weight is 534 g/mol. The summed E-state index contributed by atoms with van der Waals surface area (Å²) in [4.78, 5) is 31.6. The van der Waals surface area contributed by atoms with E-state index in [1.807, 2.05) is 55.4 Å². The highest BCUT2D eigenvalue weighted by Crippen LogP contribution is 2.37. The summed E-state index contributed by atoms with van der Waals surface area (Å²) in [6.07, 6.45) is 0.958. The largest absolute Gasteiger partial charge is 0.335 e. The predicted molar refractivity (Wildman–Crippen MR) is 161 cm³/mol. The lowest BCUT2D eigenvalue weighted by molar-refractivity contribution is -0.134. The van der Waals surface area contributed by atoms with Crippen molar-refractivity contribution in [1.82, 2.24) is 14.7 Å². The lowest BCUT2D eigenvalue weighted by Gasteiger charge is -2.26. The van der Waals surface area contributed by atoms with E-state index in [2.05, 4.69) is 82.5 Å². The molecule has 0 bridgehead atoms. The van der Waals surface area contributed by atoms with E-state index in [0.717, 1.165) is 19.5 Å². The molecule has 0 N–H and O–H groups in total. The van der Waals surface area contributed by atoms with Gasteiger partial charge in [-0.25, -0.2) is 0 Å². The van der Waals surface area contributed by atoms with E-state index in [4.69, 9.17) is 0 Å². The van der Waals surface area contributed by atoms with Crippen molar-refractivity contribution in [3.63, 3.8) is 0 Å². The van der Waals surface area contributed by atoms with Gasteiger partial charge < -0.3 is 9.80 Å². The van der Waals surface area contributed by atoms with Crippen LogP contribution in [0.3, 0.4) is 0 Å². The fourth-order valence-electron chi connectivity index (χ4n) is 6.46. The zero-order chi connectivity index (χ0) is 28.9. The van der Waals surface area contributed by atoms with Gasteiger partial charge in [0.15, 0.2) is 0 Å². The lowest BCUT2D eigenvalue weighted by atomic mass is 9.84. The Labute approximate surface area is 237 Å². The van der Waals surface area contributed by atoms with E-state index in [-0.39, 0.29) is 30.0 Å². The standard InChI is InChI=1S/C17H26N2O.C17H25NO/c1-12(2)15-11-19(17(20)16(15)18(4)5)13(3)14-9-7-6-8-10-14;1-5-15-16(12(2)3)11-18(17(15)19)13(4)14-9-7-6-8-10-14/h6-10,12-13,15-16H,11H2,1-5H3;6-10,12-13,15-16H,5,11H2,1-4H3/t13-,15-,16+;13-,15+,16-/m11/s1. The molecule has 0 saturated carbocycles. The average Bonchev–Trinajstić information content (AvgIpc) is 3.46. The van der Waals surface area contributed by atoms with Crippen molar-refractivity contribution >= 4 is 11.8 Å². The Morgan fingerprint density at radius 1 is 0.692 bits per heavy atom. The molecule has 0 radical (unpaired) electrons. The molecule has 6 atom stereocenters. The maximum absolute atomic E-state index is 12.8. The van der Waals surface area contributed by atoms with Gasteiger partial charge in [0.05, 0.1) is 18.1 Å². The molecule has 0 unspecified atom stereocenters. The molecular weight excluding hydrogens is 482 g/mol. The summed E-state index contributed by atoms with van der Waals surface area (Å²) in [7, 11) is 4.02. The van der Waals surface area contributed by atoms with Crippen LogP contribution in [-0.4, -0.2) is 59.7 Å². The molecule has 2 saturated heterocycles. The van der Waals surface area contributed by atoms with Crippen LogP contribution in [0, 0.1) is 29.6 Å². The number of hydrogen-bond donors (Lipinski definition) is 0. The number of rotatable bonds is 8. The second-order valence-corrected chi connectivity index (χ2v) is 12.4. The number of nitrogens with zero attached hydrogens (tertiary/aromatic N) is 3. The van der Waals surface area contributed by atoms with E-state index in [1.165, 1.54) is 11.1 Å². The summed E-state index contributed by atoms with van der Waals surface area (Å²) in [5.74, 6) is 2.82. The lowest BCUT2D eigenvalue weighted by Crippen LogP contribution is -2.41. The second kappa shape index (κ2) is 13.6. The van der Waals surface area contributed by atoms with Crippen molar-refractivity contribution in [2.75, 3.05) is 27.2 Å². The Balaban J connectivity index is 0.000000216. The van der Waals surface area contributed by atoms with Gasteiger partial charge in [0.1, 0.15) is 0 Å². The van der Waals surface area contributed by atoms with Crippen molar-refractivity contribution in [1.29, 1.82) is 0 Å². The van der Waals surface area contributed by atoms with Crippen LogP contribution in [0.1, 0.15) is 78.1 Å². The van der Waals surface area contributed by atoms with Gasteiger partial charge in [-0.15, -0.1) is 0 Å². The number of likely N-dealkylation sites (tertiary alicyclic amines) is 2. The van der Waals surface area contributed by atoms with Crippen molar-refractivity contribution in [3.05, 3.63) is 71.8 Å². The Hall–Kier alpha value is -2.66. The molecule has 2 aromatic carbocycles. The molecule has 39 heavy (non-hydrogen) atoms. The van der Waals surface area contributed by atoms with Crippen LogP contribution >= 0.6 is 0 Å². The minimum atomic E-state index is 0.0150. The maximum atomic E-state index is 12.8. The van der Waals surface area contributed by atoms with Crippen LogP contribution in [0.15, 0.2) is 60.7 Å². The van der Waals surface area contributed by atoms with Gasteiger partial charge in [-0.1, -0.05) is 95.3 Å². The topological polar surface area (TPSA) is 43.9 Å². The molecule has 2 fully saturated rings. The zero-order valence-corrected chi connectivity index (χ0v) is 25.7. The van der Waals surface area contributed by atoms with E-state index < -0.39 is 0 Å². The molecule has 4 rings (SSSR count). The van der Waals surface area contributed by atoms with Gasteiger partial charge >= 0.3 is 0 Å². The summed E-state index contributed by atoms with van der Waals surface area (Å²) >= 11 is 0. The molecule has 0 spiro atoms. The third-order valence-corrected chi connectivity index (χ3v) is 9.08. The smallest absolute Gasteiger partial charge is 0.240 e. The summed E-state index contributed by atoms with van der Waals surface area (Å²) < 4.78 is 0. The predicted octanol–water partition coefficient (Wildman–Crippen LogP) is 6.68. The molecule has 5 heteroatoms. The first-order chi connectivity index (χ1) is 18.5. The molecular formula is C34H51N3O2. The molecule has 214 valence electrons. The minimum absolute atomic E-state index is 0.0150. The first-order valence-corrected chi connectivity index (χ1v) is 14.9. The summed E-state index contributed by atoms with van der Waals surface area (Å²) in [6.45, 7) is 17.1. The number of benzene rings is 2. The van der Waals surface area contributed by atoms with Crippen LogP contribution in [0.25, 0.3) is 0 Å². The highest BCUT2D eigenvalue weighted by atomic mass is 16.2. The Bertz CT molecular complexity index is 1050. The number of hydrogen-bond acceptors (Lipinski definition) is 3. The third-order valence-electron chi connectivity index (χ3n) is 9.08. The molecule has 2 amide bonds. The monoisotopic (exact) mass is 533 g/mol.